The number of nitrogens with zero attached hydrogens (tertiary/aromatic N) is 1. The fraction of sp³-hybridized carbons (Fsp3) is 0.0800. The number of carbonyl (C=O) groups excluding carboxylic acids is 2. The minimum absolute atomic E-state index is 0.290. The van der Waals surface area contributed by atoms with Crippen LogP contribution in [0.3, 0.4) is 0 Å². The second-order valence-corrected chi connectivity index (χ2v) is 9.46. The molecule has 0 aliphatic carbocycles. The first kappa shape index (κ1) is 23.9. The molecule has 0 aliphatic heterocycles. The molecule has 1 N–H and O–H groups in total. The highest BCUT2D eigenvalue weighted by atomic mass is 79.9. The van der Waals surface area contributed by atoms with Crippen LogP contribution in [0.15, 0.2) is 82.4 Å². The molecule has 172 valence electrons. The van der Waals surface area contributed by atoms with E-state index in [0.29, 0.717) is 21.2 Å². The largest absolute Gasteiger partial charge is 0.481 e. The van der Waals surface area contributed by atoms with Crippen molar-refractivity contribution in [2.45, 2.75) is 13.0 Å². The molecule has 6 nitrogen and oxygen atoms in total. The maximum atomic E-state index is 12.8. The molecule has 1 atom stereocenters. The number of hydrogen-bond acceptors (Lipinski definition) is 6. The molecule has 1 heterocycles. The van der Waals surface area contributed by atoms with E-state index in [2.05, 4.69) is 26.5 Å². The number of amides is 1. The van der Waals surface area contributed by atoms with Crippen LogP contribution in [-0.4, -0.2) is 24.2 Å². The molecule has 4 aromatic rings. The predicted molar refractivity (Wildman–Crippen MR) is 138 cm³/mol. The average Bonchev–Trinajstić information content (AvgIpc) is 3.18. The van der Waals surface area contributed by atoms with Crippen molar-refractivity contribution >= 4 is 67.0 Å². The molecule has 0 spiro atoms. The van der Waals surface area contributed by atoms with Crippen molar-refractivity contribution in [3.63, 3.8) is 0 Å². The van der Waals surface area contributed by atoms with Gasteiger partial charge in [-0.1, -0.05) is 57.9 Å². The molecule has 0 saturated heterocycles. The first-order valence-electron chi connectivity index (χ1n) is 10.2. The highest BCUT2D eigenvalue weighted by molar-refractivity contribution is 9.10. The van der Waals surface area contributed by atoms with Crippen LogP contribution in [0.25, 0.3) is 10.1 Å². The zero-order valence-electron chi connectivity index (χ0n) is 17.8. The Morgan fingerprint density at radius 2 is 1.76 bits per heavy atom. The Hall–Kier alpha value is -3.20. The summed E-state index contributed by atoms with van der Waals surface area (Å²) < 4.78 is 13.0. The summed E-state index contributed by atoms with van der Waals surface area (Å²) in [5.74, 6) is -0.136. The van der Waals surface area contributed by atoms with Gasteiger partial charge in [0, 0.05) is 20.1 Å². The first-order chi connectivity index (χ1) is 16.4. The van der Waals surface area contributed by atoms with Crippen molar-refractivity contribution in [1.29, 1.82) is 0 Å². The molecule has 0 bridgehead atoms. The molecular weight excluding hydrogens is 540 g/mol. The van der Waals surface area contributed by atoms with E-state index in [0.717, 1.165) is 14.6 Å². The summed E-state index contributed by atoms with van der Waals surface area (Å²) >= 11 is 11.0. The topological polar surface area (TPSA) is 77.0 Å². The molecule has 34 heavy (non-hydrogen) atoms. The standard InChI is InChI=1S/C25H18BrClN2O4S/c1-15(32-18-12-10-17(26)11-13-18)24(30)29-28-14-16-6-2-4-8-20(16)33-25(31)23-22(27)19-7-3-5-9-21(19)34-23/h2-15H,1H3,(H,29,30)/b28-14-/t15-/m0/s1. The lowest BCUT2D eigenvalue weighted by Gasteiger charge is -2.13. The number of hydrogen-bond donors (Lipinski definition) is 1. The molecule has 0 saturated carbocycles. The molecule has 0 fully saturated rings. The SMILES string of the molecule is C[C@H](Oc1ccc(Br)cc1)C(=O)N/N=C\c1ccccc1OC(=O)c1sc2ccccc2c1Cl. The second-order valence-electron chi connectivity index (χ2n) is 7.12. The van der Waals surface area contributed by atoms with Crippen LogP contribution in [0.1, 0.15) is 22.2 Å². The van der Waals surface area contributed by atoms with Gasteiger partial charge in [-0.25, -0.2) is 10.2 Å². The molecule has 1 aromatic heterocycles. The first-order valence-corrected chi connectivity index (χ1v) is 12.1. The highest BCUT2D eigenvalue weighted by Gasteiger charge is 2.20. The Labute approximate surface area is 213 Å². The lowest BCUT2D eigenvalue weighted by Crippen LogP contribution is -2.33. The monoisotopic (exact) mass is 556 g/mol. The van der Waals surface area contributed by atoms with Crippen molar-refractivity contribution in [2.24, 2.45) is 5.10 Å². The summed E-state index contributed by atoms with van der Waals surface area (Å²) in [4.78, 5) is 25.4. The van der Waals surface area contributed by atoms with Crippen molar-refractivity contribution in [3.05, 3.63) is 92.7 Å². The predicted octanol–water partition coefficient (Wildman–Crippen LogP) is 6.45. The molecule has 4 rings (SSSR count). The molecular formula is C25H18BrClN2O4S. The Kier molecular flexibility index (Phi) is 7.62. The number of benzene rings is 3. The molecule has 0 radical (unpaired) electrons. The van der Waals surface area contributed by atoms with Crippen molar-refractivity contribution < 1.29 is 19.1 Å². The van der Waals surface area contributed by atoms with Gasteiger partial charge in [0.05, 0.1) is 11.2 Å². The Morgan fingerprint density at radius 3 is 2.53 bits per heavy atom. The van der Waals surface area contributed by atoms with E-state index in [9.17, 15) is 9.59 Å². The summed E-state index contributed by atoms with van der Waals surface area (Å²) in [5, 5.41) is 5.15. The Bertz CT molecular complexity index is 1370. The van der Waals surface area contributed by atoms with E-state index in [1.54, 1.807) is 43.3 Å². The number of para-hydroxylation sites is 1. The Balaban J connectivity index is 1.41. The zero-order chi connectivity index (χ0) is 24.1. The third-order valence-corrected chi connectivity index (χ3v) is 6.90. The van der Waals surface area contributed by atoms with Gasteiger partial charge >= 0.3 is 5.97 Å². The van der Waals surface area contributed by atoms with E-state index in [-0.39, 0.29) is 5.75 Å². The van der Waals surface area contributed by atoms with Crippen LogP contribution in [0, 0.1) is 0 Å². The second kappa shape index (κ2) is 10.8. The molecule has 9 heteroatoms. The van der Waals surface area contributed by atoms with Gasteiger partial charge < -0.3 is 9.47 Å². The van der Waals surface area contributed by atoms with Crippen molar-refractivity contribution in [3.8, 4) is 11.5 Å². The number of ether oxygens (including phenoxy) is 2. The number of nitrogens with one attached hydrogen (secondary N) is 1. The van der Waals surface area contributed by atoms with Gasteiger partial charge in [-0.3, -0.25) is 4.79 Å². The number of rotatable bonds is 7. The van der Waals surface area contributed by atoms with E-state index in [4.69, 9.17) is 21.1 Å². The van der Waals surface area contributed by atoms with Crippen molar-refractivity contribution in [2.75, 3.05) is 0 Å². The minimum Gasteiger partial charge on any atom is -0.481 e. The number of esters is 1. The fourth-order valence-electron chi connectivity index (χ4n) is 3.00. The van der Waals surface area contributed by atoms with Gasteiger partial charge in [0.2, 0.25) is 0 Å². The average molecular weight is 558 g/mol. The summed E-state index contributed by atoms with van der Waals surface area (Å²) in [6.07, 6.45) is 0.640. The third kappa shape index (κ3) is 5.64. The van der Waals surface area contributed by atoms with Gasteiger partial charge in [-0.2, -0.15) is 5.10 Å². The van der Waals surface area contributed by atoms with E-state index >= 15 is 0 Å². The number of carbonyl (C=O) groups is 2. The molecule has 0 unspecified atom stereocenters. The van der Waals surface area contributed by atoms with E-state index in [1.807, 2.05) is 36.4 Å². The van der Waals surface area contributed by atoms with Gasteiger partial charge in [-0.15, -0.1) is 11.3 Å². The normalized spacial score (nSPS) is 12.0. The highest BCUT2D eigenvalue weighted by Crippen LogP contribution is 2.36. The third-order valence-electron chi connectivity index (χ3n) is 4.72. The van der Waals surface area contributed by atoms with Crippen LogP contribution in [-0.2, 0) is 4.79 Å². The van der Waals surface area contributed by atoms with Crippen LogP contribution < -0.4 is 14.9 Å². The van der Waals surface area contributed by atoms with Gasteiger partial charge in [0.15, 0.2) is 6.10 Å². The quantitative estimate of drug-likeness (QED) is 0.123. The maximum absolute atomic E-state index is 12.8. The summed E-state index contributed by atoms with van der Waals surface area (Å²) in [7, 11) is 0. The summed E-state index contributed by atoms with van der Waals surface area (Å²) in [5.41, 5.74) is 2.95. The van der Waals surface area contributed by atoms with Gasteiger partial charge in [-0.05, 0) is 49.4 Å². The fourth-order valence-corrected chi connectivity index (χ4v) is 4.65. The maximum Gasteiger partial charge on any atom is 0.355 e. The molecule has 1 amide bonds. The number of hydrazone groups is 1. The van der Waals surface area contributed by atoms with Crippen LogP contribution in [0.2, 0.25) is 5.02 Å². The van der Waals surface area contributed by atoms with Crippen LogP contribution in [0.4, 0.5) is 0 Å². The van der Waals surface area contributed by atoms with E-state index < -0.39 is 18.0 Å². The molecule has 3 aromatic carbocycles. The number of fused-ring (bicyclic) bond motifs is 1. The minimum atomic E-state index is -0.763. The van der Waals surface area contributed by atoms with Gasteiger partial charge in [0.25, 0.3) is 5.91 Å². The summed E-state index contributed by atoms with van der Waals surface area (Å²) in [6.45, 7) is 1.62. The summed E-state index contributed by atoms with van der Waals surface area (Å²) in [6, 6.07) is 21.5. The van der Waals surface area contributed by atoms with Crippen molar-refractivity contribution in [1.82, 2.24) is 5.43 Å². The van der Waals surface area contributed by atoms with Crippen LogP contribution >= 0.6 is 38.9 Å². The zero-order valence-corrected chi connectivity index (χ0v) is 21.0. The smallest absolute Gasteiger partial charge is 0.355 e. The molecule has 0 aliphatic rings. The lowest BCUT2D eigenvalue weighted by molar-refractivity contribution is -0.127. The van der Waals surface area contributed by atoms with E-state index in [1.165, 1.54) is 17.6 Å². The Morgan fingerprint density at radius 1 is 1.06 bits per heavy atom. The van der Waals surface area contributed by atoms with Crippen LogP contribution in [0.5, 0.6) is 11.5 Å². The number of halogens is 2. The van der Waals surface area contributed by atoms with Gasteiger partial charge in [0.1, 0.15) is 16.4 Å². The number of thiophene rings is 1. The lowest BCUT2D eigenvalue weighted by atomic mass is 10.2.